The van der Waals surface area contributed by atoms with Crippen molar-refractivity contribution in [3.63, 3.8) is 0 Å². The number of nitrogens with zero attached hydrogens (tertiary/aromatic N) is 6. The van der Waals surface area contributed by atoms with E-state index in [0.29, 0.717) is 12.2 Å². The van der Waals surface area contributed by atoms with Crippen LogP contribution in [-0.2, 0) is 18.0 Å². The van der Waals surface area contributed by atoms with E-state index in [4.69, 9.17) is 0 Å². The van der Waals surface area contributed by atoms with Gasteiger partial charge in [0.15, 0.2) is 0 Å². The second kappa shape index (κ2) is 5.19. The summed E-state index contributed by atoms with van der Waals surface area (Å²) in [5, 5.41) is 12.7. The first-order valence-electron chi connectivity index (χ1n) is 7.72. The zero-order valence-corrected chi connectivity index (χ0v) is 13.1. The number of hydrogen-bond donors (Lipinski definition) is 0. The SMILES string of the molecule is CC(F)(F)c1cccc(Cn2cc(C3(n4cccn4)CC3)nn2)n1. The minimum absolute atomic E-state index is 0.215. The fraction of sp³-hybridized carbons (Fsp3) is 0.375. The Morgan fingerprint density at radius 1 is 1.25 bits per heavy atom. The van der Waals surface area contributed by atoms with Gasteiger partial charge in [0.2, 0.25) is 0 Å². The van der Waals surface area contributed by atoms with Crippen LogP contribution in [0.15, 0.2) is 42.9 Å². The molecular formula is C16H16F2N6. The highest BCUT2D eigenvalue weighted by molar-refractivity contribution is 5.22. The number of alkyl halides is 2. The molecule has 0 amide bonds. The molecule has 4 rings (SSSR count). The molecule has 0 aliphatic heterocycles. The van der Waals surface area contributed by atoms with E-state index < -0.39 is 5.92 Å². The average Bonchev–Trinajstić information content (AvgIpc) is 2.98. The molecule has 3 heterocycles. The van der Waals surface area contributed by atoms with Gasteiger partial charge in [0.05, 0.1) is 18.4 Å². The van der Waals surface area contributed by atoms with Crippen LogP contribution < -0.4 is 0 Å². The van der Waals surface area contributed by atoms with Crippen LogP contribution in [0.2, 0.25) is 0 Å². The van der Waals surface area contributed by atoms with Gasteiger partial charge in [-0.15, -0.1) is 5.10 Å². The molecule has 3 aromatic heterocycles. The largest absolute Gasteiger partial charge is 0.286 e. The molecule has 0 saturated heterocycles. The first-order valence-corrected chi connectivity index (χ1v) is 7.72. The molecule has 124 valence electrons. The molecule has 1 aliphatic rings. The molecule has 0 bridgehead atoms. The fourth-order valence-electron chi connectivity index (χ4n) is 2.81. The van der Waals surface area contributed by atoms with E-state index in [9.17, 15) is 8.78 Å². The predicted octanol–water partition coefficient (Wildman–Crippen LogP) is 2.57. The van der Waals surface area contributed by atoms with Crippen LogP contribution in [0.1, 0.15) is 36.8 Å². The minimum Gasteiger partial charge on any atom is -0.260 e. The lowest BCUT2D eigenvalue weighted by atomic mass is 10.2. The summed E-state index contributed by atoms with van der Waals surface area (Å²) < 4.78 is 30.3. The molecule has 24 heavy (non-hydrogen) atoms. The first-order chi connectivity index (χ1) is 11.5. The topological polar surface area (TPSA) is 61.4 Å². The van der Waals surface area contributed by atoms with E-state index in [1.165, 1.54) is 6.07 Å². The van der Waals surface area contributed by atoms with E-state index >= 15 is 0 Å². The lowest BCUT2D eigenvalue weighted by molar-refractivity contribution is 0.0125. The number of hydrogen-bond acceptors (Lipinski definition) is 4. The quantitative estimate of drug-likeness (QED) is 0.721. The van der Waals surface area contributed by atoms with Crippen LogP contribution >= 0.6 is 0 Å². The third-order valence-corrected chi connectivity index (χ3v) is 4.26. The van der Waals surface area contributed by atoms with Gasteiger partial charge in [-0.3, -0.25) is 4.68 Å². The summed E-state index contributed by atoms with van der Waals surface area (Å²) >= 11 is 0. The van der Waals surface area contributed by atoms with Crippen molar-refractivity contribution in [1.82, 2.24) is 29.8 Å². The van der Waals surface area contributed by atoms with Crippen LogP contribution in [0.3, 0.4) is 0 Å². The maximum absolute atomic E-state index is 13.4. The minimum atomic E-state index is -2.96. The van der Waals surface area contributed by atoms with Gasteiger partial charge in [-0.2, -0.15) is 13.9 Å². The summed E-state index contributed by atoms with van der Waals surface area (Å²) in [6, 6.07) is 6.49. The fourth-order valence-corrected chi connectivity index (χ4v) is 2.81. The monoisotopic (exact) mass is 330 g/mol. The van der Waals surface area contributed by atoms with Crippen LogP contribution in [0.5, 0.6) is 0 Å². The van der Waals surface area contributed by atoms with Crippen LogP contribution in [0.25, 0.3) is 0 Å². The van der Waals surface area contributed by atoms with Crippen molar-refractivity contribution >= 4 is 0 Å². The van der Waals surface area contributed by atoms with E-state index in [1.807, 2.05) is 23.1 Å². The van der Waals surface area contributed by atoms with Crippen molar-refractivity contribution in [2.75, 3.05) is 0 Å². The third-order valence-electron chi connectivity index (χ3n) is 4.26. The van der Waals surface area contributed by atoms with E-state index in [1.54, 1.807) is 23.0 Å². The van der Waals surface area contributed by atoms with Gasteiger partial charge in [-0.1, -0.05) is 11.3 Å². The Hall–Kier alpha value is -2.64. The maximum atomic E-state index is 13.4. The normalized spacial score (nSPS) is 16.3. The third kappa shape index (κ3) is 2.57. The molecule has 0 N–H and O–H groups in total. The molecule has 0 radical (unpaired) electrons. The number of aromatic nitrogens is 6. The summed E-state index contributed by atoms with van der Waals surface area (Å²) in [6.07, 6.45) is 7.42. The number of halogens is 2. The second-order valence-corrected chi connectivity index (χ2v) is 6.19. The second-order valence-electron chi connectivity index (χ2n) is 6.19. The van der Waals surface area contributed by atoms with Crippen LogP contribution in [-0.4, -0.2) is 29.8 Å². The van der Waals surface area contributed by atoms with Gasteiger partial charge in [-0.05, 0) is 31.0 Å². The highest BCUT2D eigenvalue weighted by atomic mass is 19.3. The first kappa shape index (κ1) is 14.9. The Kier molecular flexibility index (Phi) is 3.22. The van der Waals surface area contributed by atoms with Crippen molar-refractivity contribution < 1.29 is 8.78 Å². The zero-order valence-electron chi connectivity index (χ0n) is 13.1. The Labute approximate surface area is 137 Å². The van der Waals surface area contributed by atoms with Crippen LogP contribution in [0, 0.1) is 0 Å². The summed E-state index contributed by atoms with van der Waals surface area (Å²) in [5.74, 6) is -2.96. The Morgan fingerprint density at radius 2 is 2.08 bits per heavy atom. The lowest BCUT2D eigenvalue weighted by Gasteiger charge is -2.12. The predicted molar refractivity (Wildman–Crippen MR) is 81.5 cm³/mol. The summed E-state index contributed by atoms with van der Waals surface area (Å²) in [4.78, 5) is 4.02. The van der Waals surface area contributed by atoms with E-state index in [2.05, 4.69) is 20.4 Å². The Morgan fingerprint density at radius 3 is 2.75 bits per heavy atom. The van der Waals surface area contributed by atoms with Crippen molar-refractivity contribution in [2.24, 2.45) is 0 Å². The molecular weight excluding hydrogens is 314 g/mol. The average molecular weight is 330 g/mol. The molecule has 1 aliphatic carbocycles. The van der Waals surface area contributed by atoms with Gasteiger partial charge < -0.3 is 0 Å². The van der Waals surface area contributed by atoms with Crippen molar-refractivity contribution in [2.45, 2.75) is 37.8 Å². The highest BCUT2D eigenvalue weighted by Gasteiger charge is 2.49. The van der Waals surface area contributed by atoms with Gasteiger partial charge in [0, 0.05) is 19.3 Å². The van der Waals surface area contributed by atoms with Gasteiger partial charge in [0.1, 0.15) is 16.9 Å². The Bertz CT molecular complexity index is 846. The van der Waals surface area contributed by atoms with E-state index in [0.717, 1.165) is 25.5 Å². The smallest absolute Gasteiger partial charge is 0.260 e. The lowest BCUT2D eigenvalue weighted by Crippen LogP contribution is -2.19. The molecule has 1 fully saturated rings. The standard InChI is InChI=1S/C16H16F2N6/c1-15(17,18)13-5-2-4-12(20-13)10-23-11-14(21-22-23)16(6-7-16)24-9-3-8-19-24/h2-5,8-9,11H,6-7,10H2,1H3. The van der Waals surface area contributed by atoms with Crippen molar-refractivity contribution in [3.05, 3.63) is 59.9 Å². The van der Waals surface area contributed by atoms with Gasteiger partial charge in [-0.25, -0.2) is 9.67 Å². The highest BCUT2D eigenvalue weighted by Crippen LogP contribution is 2.47. The summed E-state index contributed by atoms with van der Waals surface area (Å²) in [5.41, 5.74) is 0.904. The Balaban J connectivity index is 1.57. The molecule has 1 saturated carbocycles. The van der Waals surface area contributed by atoms with E-state index in [-0.39, 0.29) is 11.2 Å². The summed E-state index contributed by atoms with van der Waals surface area (Å²) in [6.45, 7) is 1.14. The summed E-state index contributed by atoms with van der Waals surface area (Å²) in [7, 11) is 0. The molecule has 0 aromatic carbocycles. The van der Waals surface area contributed by atoms with Gasteiger partial charge in [0.25, 0.3) is 5.92 Å². The number of rotatable bonds is 5. The molecule has 8 heteroatoms. The molecule has 3 aromatic rings. The van der Waals surface area contributed by atoms with Crippen molar-refractivity contribution in [3.8, 4) is 0 Å². The zero-order chi connectivity index (χ0) is 16.8. The molecule has 0 unspecified atom stereocenters. The number of pyridine rings is 1. The van der Waals surface area contributed by atoms with Gasteiger partial charge >= 0.3 is 0 Å². The van der Waals surface area contributed by atoms with Crippen molar-refractivity contribution in [1.29, 1.82) is 0 Å². The molecule has 0 atom stereocenters. The maximum Gasteiger partial charge on any atom is 0.286 e. The molecule has 6 nitrogen and oxygen atoms in total. The van der Waals surface area contributed by atoms with Crippen LogP contribution in [0.4, 0.5) is 8.78 Å². The molecule has 0 spiro atoms.